The molecule has 3 aromatic rings. The van der Waals surface area contributed by atoms with Crippen molar-refractivity contribution in [1.29, 1.82) is 0 Å². The molecule has 1 atom stereocenters. The summed E-state index contributed by atoms with van der Waals surface area (Å²) >= 11 is 0. The van der Waals surface area contributed by atoms with E-state index in [0.717, 1.165) is 16.5 Å². The molecule has 2 aromatic heterocycles. The van der Waals surface area contributed by atoms with Crippen LogP contribution >= 0.6 is 0 Å². The molecule has 0 radical (unpaired) electrons. The number of hydrogen-bond acceptors (Lipinski definition) is 6. The summed E-state index contributed by atoms with van der Waals surface area (Å²) in [4.78, 5) is 24.7. The van der Waals surface area contributed by atoms with E-state index in [1.54, 1.807) is 13.2 Å². The van der Waals surface area contributed by atoms with Gasteiger partial charge in [-0.2, -0.15) is 0 Å². The average Bonchev–Trinajstić information content (AvgIpc) is 2.99. The smallest absolute Gasteiger partial charge is 0.340 e. The number of hydrogen-bond donors (Lipinski definition) is 2. The van der Waals surface area contributed by atoms with E-state index in [-0.39, 0.29) is 31.0 Å². The van der Waals surface area contributed by atoms with Gasteiger partial charge in [-0.15, -0.1) is 0 Å². The maximum atomic E-state index is 12.4. The van der Waals surface area contributed by atoms with E-state index in [1.807, 2.05) is 19.9 Å². The molecule has 0 aliphatic carbocycles. The highest BCUT2D eigenvalue weighted by molar-refractivity contribution is 6.07. The molecule has 0 saturated carbocycles. The summed E-state index contributed by atoms with van der Waals surface area (Å²) < 4.78 is 16.0. The number of fused-ring (bicyclic) bond motifs is 3. The van der Waals surface area contributed by atoms with Crippen LogP contribution in [0.1, 0.15) is 22.3 Å². The monoisotopic (exact) mass is 373 g/mol. The zero-order valence-corrected chi connectivity index (χ0v) is 15.8. The van der Waals surface area contributed by atoms with Crippen LogP contribution in [0.15, 0.2) is 26.0 Å². The average molecular weight is 373 g/mol. The van der Waals surface area contributed by atoms with Crippen LogP contribution in [-0.2, 0) is 16.0 Å². The Morgan fingerprint density at radius 3 is 2.70 bits per heavy atom. The standard InChI is InChI=1S/C20H23NO6/c1-10-5-15-18(19-17(10)11(2)8-26-19)12(3)14(20(24)27-15)6-16(23)21-7-13(22)9-25-4/h5,8,13,22H,6-7,9H2,1-4H3,(H,21,23)/t13-/m1/s1. The molecule has 0 unspecified atom stereocenters. The second-order valence-electron chi connectivity index (χ2n) is 6.77. The maximum absolute atomic E-state index is 12.4. The van der Waals surface area contributed by atoms with Crippen molar-refractivity contribution in [2.45, 2.75) is 33.3 Å². The topological polar surface area (TPSA) is 102 Å². The molecule has 3 rings (SSSR count). The van der Waals surface area contributed by atoms with Gasteiger partial charge in [-0.1, -0.05) is 0 Å². The van der Waals surface area contributed by atoms with E-state index in [0.29, 0.717) is 22.1 Å². The number of methoxy groups -OCH3 is 1. The van der Waals surface area contributed by atoms with Crippen molar-refractivity contribution in [3.8, 4) is 0 Å². The molecule has 0 spiro atoms. The summed E-state index contributed by atoms with van der Waals surface area (Å²) in [7, 11) is 1.47. The number of rotatable bonds is 6. The number of benzene rings is 1. The fourth-order valence-electron chi connectivity index (χ4n) is 3.38. The van der Waals surface area contributed by atoms with Crippen LogP contribution < -0.4 is 10.9 Å². The fourth-order valence-corrected chi connectivity index (χ4v) is 3.38. The number of ether oxygens (including phenoxy) is 1. The number of aliphatic hydroxyl groups is 1. The van der Waals surface area contributed by atoms with Crippen LogP contribution in [0.3, 0.4) is 0 Å². The lowest BCUT2D eigenvalue weighted by atomic mass is 9.99. The van der Waals surface area contributed by atoms with E-state index in [4.69, 9.17) is 13.6 Å². The van der Waals surface area contributed by atoms with Gasteiger partial charge in [0.2, 0.25) is 5.91 Å². The Balaban J connectivity index is 1.99. The van der Waals surface area contributed by atoms with Crippen molar-refractivity contribution in [1.82, 2.24) is 5.32 Å². The van der Waals surface area contributed by atoms with Crippen LogP contribution in [0.2, 0.25) is 0 Å². The Hall–Kier alpha value is -2.64. The van der Waals surface area contributed by atoms with Crippen molar-refractivity contribution in [3.05, 3.63) is 45.0 Å². The minimum atomic E-state index is -0.804. The van der Waals surface area contributed by atoms with Crippen molar-refractivity contribution >= 4 is 27.8 Å². The van der Waals surface area contributed by atoms with Gasteiger partial charge in [0.15, 0.2) is 0 Å². The lowest BCUT2D eigenvalue weighted by Crippen LogP contribution is -2.36. The molecule has 0 aliphatic rings. The van der Waals surface area contributed by atoms with Gasteiger partial charge in [0, 0.05) is 19.0 Å². The quantitative estimate of drug-likeness (QED) is 0.642. The summed E-state index contributed by atoms with van der Waals surface area (Å²) in [5, 5.41) is 13.9. The summed E-state index contributed by atoms with van der Waals surface area (Å²) in [5.74, 6) is -0.376. The third kappa shape index (κ3) is 3.61. The minimum Gasteiger partial charge on any atom is -0.463 e. The van der Waals surface area contributed by atoms with Crippen LogP contribution in [0.25, 0.3) is 21.9 Å². The molecule has 0 saturated heterocycles. The molecular weight excluding hydrogens is 350 g/mol. The largest absolute Gasteiger partial charge is 0.463 e. The van der Waals surface area contributed by atoms with Gasteiger partial charge in [0.25, 0.3) is 0 Å². The third-order valence-corrected chi connectivity index (χ3v) is 4.70. The number of nitrogens with one attached hydrogen (secondary N) is 1. The van der Waals surface area contributed by atoms with E-state index >= 15 is 0 Å². The van der Waals surface area contributed by atoms with Crippen molar-refractivity contribution in [2.75, 3.05) is 20.3 Å². The SMILES string of the molecule is COC[C@H](O)CNC(=O)Cc1c(C)c2c(cc(C)c3c(C)coc32)oc1=O. The lowest BCUT2D eigenvalue weighted by molar-refractivity contribution is -0.121. The Labute approximate surface area is 155 Å². The molecule has 0 fully saturated rings. The molecule has 7 nitrogen and oxygen atoms in total. The predicted molar refractivity (Wildman–Crippen MR) is 101 cm³/mol. The maximum Gasteiger partial charge on any atom is 0.340 e. The molecule has 0 bridgehead atoms. The van der Waals surface area contributed by atoms with Gasteiger partial charge in [-0.05, 0) is 43.5 Å². The Bertz CT molecular complexity index is 1060. The molecule has 144 valence electrons. The second kappa shape index (κ2) is 7.54. The lowest BCUT2D eigenvalue weighted by Gasteiger charge is -2.12. The van der Waals surface area contributed by atoms with E-state index < -0.39 is 11.7 Å². The first-order chi connectivity index (χ1) is 12.8. The minimum absolute atomic E-state index is 0.0471. The second-order valence-corrected chi connectivity index (χ2v) is 6.77. The Kier molecular flexibility index (Phi) is 5.34. The summed E-state index contributed by atoms with van der Waals surface area (Å²) in [6.45, 7) is 5.84. The van der Waals surface area contributed by atoms with Gasteiger partial charge in [0.05, 0.1) is 36.3 Å². The molecule has 1 aromatic carbocycles. The molecule has 2 heterocycles. The van der Waals surface area contributed by atoms with E-state index in [1.165, 1.54) is 7.11 Å². The number of furan rings is 1. The summed E-state index contributed by atoms with van der Waals surface area (Å²) in [5.41, 5.74) is 3.45. The Morgan fingerprint density at radius 1 is 1.26 bits per heavy atom. The van der Waals surface area contributed by atoms with E-state index in [9.17, 15) is 14.7 Å². The van der Waals surface area contributed by atoms with Crippen LogP contribution in [0, 0.1) is 20.8 Å². The van der Waals surface area contributed by atoms with Gasteiger partial charge < -0.3 is 24.0 Å². The number of amides is 1. The molecule has 7 heteroatoms. The van der Waals surface area contributed by atoms with Crippen molar-refractivity contribution in [2.24, 2.45) is 0 Å². The fraction of sp³-hybridized carbons (Fsp3) is 0.400. The molecule has 0 aliphatic heterocycles. The van der Waals surface area contributed by atoms with Crippen LogP contribution in [0.5, 0.6) is 0 Å². The van der Waals surface area contributed by atoms with Crippen LogP contribution in [-0.4, -0.2) is 37.4 Å². The third-order valence-electron chi connectivity index (χ3n) is 4.70. The number of carbonyl (C=O) groups is 1. The van der Waals surface area contributed by atoms with Crippen molar-refractivity contribution < 1.29 is 23.5 Å². The van der Waals surface area contributed by atoms with Gasteiger partial charge >= 0.3 is 5.63 Å². The molecule has 1 amide bonds. The van der Waals surface area contributed by atoms with Gasteiger partial charge in [0.1, 0.15) is 11.2 Å². The molecule has 27 heavy (non-hydrogen) atoms. The Morgan fingerprint density at radius 2 is 2.00 bits per heavy atom. The molecular formula is C20H23NO6. The van der Waals surface area contributed by atoms with Crippen LogP contribution in [0.4, 0.5) is 0 Å². The molecule has 2 N–H and O–H groups in total. The van der Waals surface area contributed by atoms with Gasteiger partial charge in [-0.3, -0.25) is 4.79 Å². The zero-order valence-electron chi connectivity index (χ0n) is 15.8. The number of aryl methyl sites for hydroxylation is 3. The zero-order chi connectivity index (χ0) is 19.7. The predicted octanol–water partition coefficient (Wildman–Crippen LogP) is 2.13. The number of aliphatic hydroxyl groups excluding tert-OH is 1. The summed E-state index contributed by atoms with van der Waals surface area (Å²) in [6.07, 6.45) is 0.728. The highest BCUT2D eigenvalue weighted by Gasteiger charge is 2.20. The first-order valence-electron chi connectivity index (χ1n) is 8.70. The van der Waals surface area contributed by atoms with Crippen molar-refractivity contribution in [3.63, 3.8) is 0 Å². The normalized spacial score (nSPS) is 12.6. The van der Waals surface area contributed by atoms with E-state index in [2.05, 4.69) is 5.32 Å². The highest BCUT2D eigenvalue weighted by atomic mass is 16.5. The van der Waals surface area contributed by atoms with Gasteiger partial charge in [-0.25, -0.2) is 4.79 Å². The highest BCUT2D eigenvalue weighted by Crippen LogP contribution is 2.34. The first-order valence-corrected chi connectivity index (χ1v) is 8.70. The number of carbonyl (C=O) groups excluding carboxylic acids is 1. The summed E-state index contributed by atoms with van der Waals surface area (Å²) in [6, 6.07) is 1.82. The first kappa shape index (κ1) is 19.1.